The standard InChI is InChI=1S/C22H31NO3/c1-22(2,3)18-9-7-8-16(12-18)15-23-11-10-17-13-20(25-5)21(26-6)14-19(17)24-4/h7-9,12-14,23H,10-11,15H2,1-6H3. The van der Waals surface area contributed by atoms with Crippen molar-refractivity contribution >= 4 is 0 Å². The minimum atomic E-state index is 0.170. The molecule has 4 nitrogen and oxygen atoms in total. The largest absolute Gasteiger partial charge is 0.496 e. The maximum atomic E-state index is 5.49. The molecule has 26 heavy (non-hydrogen) atoms. The zero-order valence-corrected chi connectivity index (χ0v) is 16.8. The van der Waals surface area contributed by atoms with Crippen molar-refractivity contribution in [2.24, 2.45) is 0 Å². The number of benzene rings is 2. The van der Waals surface area contributed by atoms with E-state index in [9.17, 15) is 0 Å². The van der Waals surface area contributed by atoms with Gasteiger partial charge in [-0.3, -0.25) is 0 Å². The second-order valence-electron chi connectivity index (χ2n) is 7.40. The van der Waals surface area contributed by atoms with E-state index in [1.165, 1.54) is 11.1 Å². The monoisotopic (exact) mass is 357 g/mol. The lowest BCUT2D eigenvalue weighted by molar-refractivity contribution is 0.347. The highest BCUT2D eigenvalue weighted by Crippen LogP contribution is 2.34. The molecule has 0 aliphatic rings. The molecule has 4 heteroatoms. The van der Waals surface area contributed by atoms with E-state index >= 15 is 0 Å². The first-order chi connectivity index (χ1) is 12.4. The molecular weight excluding hydrogens is 326 g/mol. The smallest absolute Gasteiger partial charge is 0.164 e. The van der Waals surface area contributed by atoms with Crippen LogP contribution in [0.4, 0.5) is 0 Å². The van der Waals surface area contributed by atoms with Crippen LogP contribution in [0.3, 0.4) is 0 Å². The average molecular weight is 357 g/mol. The summed E-state index contributed by atoms with van der Waals surface area (Å²) in [6.07, 6.45) is 0.850. The Bertz CT molecular complexity index is 720. The molecule has 0 spiro atoms. The molecule has 2 aromatic carbocycles. The Morgan fingerprint density at radius 3 is 2.12 bits per heavy atom. The van der Waals surface area contributed by atoms with Gasteiger partial charge in [-0.15, -0.1) is 0 Å². The van der Waals surface area contributed by atoms with Crippen molar-refractivity contribution in [3.05, 3.63) is 53.1 Å². The van der Waals surface area contributed by atoms with Gasteiger partial charge in [-0.1, -0.05) is 45.0 Å². The number of hydrogen-bond donors (Lipinski definition) is 1. The molecule has 0 unspecified atom stereocenters. The number of ether oxygens (including phenoxy) is 3. The second kappa shape index (κ2) is 8.95. The van der Waals surface area contributed by atoms with Gasteiger partial charge in [0.05, 0.1) is 21.3 Å². The van der Waals surface area contributed by atoms with Crippen molar-refractivity contribution in [3.8, 4) is 17.2 Å². The normalized spacial score (nSPS) is 11.3. The van der Waals surface area contributed by atoms with Crippen LogP contribution in [0.15, 0.2) is 36.4 Å². The highest BCUT2D eigenvalue weighted by atomic mass is 16.5. The van der Waals surface area contributed by atoms with Gasteiger partial charge in [0.15, 0.2) is 11.5 Å². The Kier molecular flexibility index (Phi) is 6.92. The van der Waals surface area contributed by atoms with Crippen LogP contribution in [0.25, 0.3) is 0 Å². The van der Waals surface area contributed by atoms with E-state index in [4.69, 9.17) is 14.2 Å². The van der Waals surface area contributed by atoms with Gasteiger partial charge >= 0.3 is 0 Å². The Hall–Kier alpha value is -2.20. The number of rotatable bonds is 8. The molecule has 2 rings (SSSR count). The van der Waals surface area contributed by atoms with E-state index in [-0.39, 0.29) is 5.41 Å². The number of methoxy groups -OCH3 is 3. The van der Waals surface area contributed by atoms with Crippen LogP contribution in [-0.2, 0) is 18.4 Å². The minimum Gasteiger partial charge on any atom is -0.496 e. The van der Waals surface area contributed by atoms with E-state index < -0.39 is 0 Å². The third-order valence-corrected chi connectivity index (χ3v) is 4.48. The van der Waals surface area contributed by atoms with E-state index in [2.05, 4.69) is 50.4 Å². The van der Waals surface area contributed by atoms with Crippen LogP contribution in [0.5, 0.6) is 17.2 Å². The van der Waals surface area contributed by atoms with Crippen molar-refractivity contribution in [2.45, 2.75) is 39.2 Å². The first-order valence-electron chi connectivity index (χ1n) is 8.98. The fourth-order valence-corrected chi connectivity index (χ4v) is 2.89. The van der Waals surface area contributed by atoms with Crippen molar-refractivity contribution in [1.29, 1.82) is 0 Å². The Morgan fingerprint density at radius 2 is 1.50 bits per heavy atom. The molecule has 2 aromatic rings. The molecule has 0 amide bonds. The average Bonchev–Trinajstić information content (AvgIpc) is 2.64. The summed E-state index contributed by atoms with van der Waals surface area (Å²) in [5.74, 6) is 2.22. The first-order valence-corrected chi connectivity index (χ1v) is 8.98. The molecule has 0 saturated carbocycles. The van der Waals surface area contributed by atoms with Gasteiger partial charge < -0.3 is 19.5 Å². The highest BCUT2D eigenvalue weighted by Gasteiger charge is 2.14. The summed E-state index contributed by atoms with van der Waals surface area (Å²) in [5.41, 5.74) is 3.93. The van der Waals surface area contributed by atoms with Gasteiger partial charge in [-0.05, 0) is 41.1 Å². The topological polar surface area (TPSA) is 39.7 Å². The lowest BCUT2D eigenvalue weighted by Gasteiger charge is -2.20. The molecule has 0 atom stereocenters. The Balaban J connectivity index is 1.98. The van der Waals surface area contributed by atoms with Crippen molar-refractivity contribution < 1.29 is 14.2 Å². The summed E-state index contributed by atoms with van der Waals surface area (Å²) < 4.78 is 16.2. The maximum Gasteiger partial charge on any atom is 0.164 e. The summed E-state index contributed by atoms with van der Waals surface area (Å²) in [6.45, 7) is 8.42. The van der Waals surface area contributed by atoms with Gasteiger partial charge in [0.1, 0.15) is 5.75 Å². The molecule has 0 bridgehead atoms. The molecular formula is C22H31NO3. The lowest BCUT2D eigenvalue weighted by atomic mass is 9.86. The second-order valence-corrected chi connectivity index (χ2v) is 7.40. The third-order valence-electron chi connectivity index (χ3n) is 4.48. The molecule has 0 aromatic heterocycles. The quantitative estimate of drug-likeness (QED) is 0.713. The number of nitrogens with one attached hydrogen (secondary N) is 1. The summed E-state index contributed by atoms with van der Waals surface area (Å²) >= 11 is 0. The van der Waals surface area contributed by atoms with Gasteiger partial charge in [0.25, 0.3) is 0 Å². The SMILES string of the molecule is COc1cc(OC)c(OC)cc1CCNCc1cccc(C(C)(C)C)c1. The summed E-state index contributed by atoms with van der Waals surface area (Å²) in [4.78, 5) is 0. The predicted octanol–water partition coefficient (Wildman–Crippen LogP) is 4.34. The van der Waals surface area contributed by atoms with Crippen LogP contribution < -0.4 is 19.5 Å². The van der Waals surface area contributed by atoms with E-state index in [0.29, 0.717) is 5.75 Å². The van der Waals surface area contributed by atoms with Crippen LogP contribution in [0.2, 0.25) is 0 Å². The van der Waals surface area contributed by atoms with Crippen LogP contribution in [-0.4, -0.2) is 27.9 Å². The van der Waals surface area contributed by atoms with Gasteiger partial charge in [0, 0.05) is 12.6 Å². The minimum absolute atomic E-state index is 0.170. The molecule has 142 valence electrons. The van der Waals surface area contributed by atoms with Crippen molar-refractivity contribution in [1.82, 2.24) is 5.32 Å². The first kappa shape index (κ1) is 20.1. The van der Waals surface area contributed by atoms with Crippen LogP contribution >= 0.6 is 0 Å². The van der Waals surface area contributed by atoms with Gasteiger partial charge in [-0.2, -0.15) is 0 Å². The molecule has 0 aliphatic heterocycles. The molecule has 0 radical (unpaired) electrons. The van der Waals surface area contributed by atoms with Crippen LogP contribution in [0.1, 0.15) is 37.5 Å². The molecule has 0 saturated heterocycles. The molecule has 0 heterocycles. The third kappa shape index (κ3) is 5.15. The fraction of sp³-hybridized carbons (Fsp3) is 0.455. The van der Waals surface area contributed by atoms with Gasteiger partial charge in [0.2, 0.25) is 0 Å². The lowest BCUT2D eigenvalue weighted by Crippen LogP contribution is -2.18. The van der Waals surface area contributed by atoms with Crippen molar-refractivity contribution in [2.75, 3.05) is 27.9 Å². The fourth-order valence-electron chi connectivity index (χ4n) is 2.89. The maximum absolute atomic E-state index is 5.49. The predicted molar refractivity (Wildman–Crippen MR) is 107 cm³/mol. The van der Waals surface area contributed by atoms with Crippen molar-refractivity contribution in [3.63, 3.8) is 0 Å². The highest BCUT2D eigenvalue weighted by molar-refractivity contribution is 5.50. The summed E-state index contributed by atoms with van der Waals surface area (Å²) in [6, 6.07) is 12.6. The number of hydrogen-bond acceptors (Lipinski definition) is 4. The molecule has 0 fully saturated rings. The van der Waals surface area contributed by atoms with Crippen LogP contribution in [0, 0.1) is 0 Å². The zero-order chi connectivity index (χ0) is 19.2. The Labute approximate surface area is 157 Å². The summed E-state index contributed by atoms with van der Waals surface area (Å²) in [5, 5.41) is 3.52. The Morgan fingerprint density at radius 1 is 0.846 bits per heavy atom. The summed E-state index contributed by atoms with van der Waals surface area (Å²) in [7, 11) is 4.95. The van der Waals surface area contributed by atoms with E-state index in [1.807, 2.05) is 12.1 Å². The van der Waals surface area contributed by atoms with E-state index in [1.54, 1.807) is 21.3 Å². The zero-order valence-electron chi connectivity index (χ0n) is 16.8. The van der Waals surface area contributed by atoms with Gasteiger partial charge in [-0.25, -0.2) is 0 Å². The van der Waals surface area contributed by atoms with E-state index in [0.717, 1.165) is 36.6 Å². The molecule has 0 aliphatic carbocycles. The molecule has 1 N–H and O–H groups in total.